The lowest BCUT2D eigenvalue weighted by atomic mass is 10.1. The number of benzene rings is 1. The van der Waals surface area contributed by atoms with Crippen LogP contribution in [0.2, 0.25) is 0 Å². The molecule has 0 aliphatic heterocycles. The summed E-state index contributed by atoms with van der Waals surface area (Å²) in [6.45, 7) is 0. The average molecular weight is 297 g/mol. The zero-order chi connectivity index (χ0) is 15.2. The van der Waals surface area contributed by atoms with Crippen molar-refractivity contribution in [3.05, 3.63) is 41.5 Å². The van der Waals surface area contributed by atoms with Gasteiger partial charge in [0, 0.05) is 17.5 Å². The molecular weight excluding hydrogens is 286 g/mol. The number of hydrogen-bond acceptors (Lipinski definition) is 3. The molecule has 1 aliphatic rings. The molecule has 1 heterocycles. The van der Waals surface area contributed by atoms with Gasteiger partial charge in [-0.3, -0.25) is 0 Å². The van der Waals surface area contributed by atoms with Gasteiger partial charge in [-0.1, -0.05) is 6.07 Å². The number of alkyl halides is 3. The number of aromatic nitrogens is 2. The van der Waals surface area contributed by atoms with Gasteiger partial charge < -0.3 is 5.73 Å². The quantitative estimate of drug-likeness (QED) is 0.859. The molecule has 7 heteroatoms. The van der Waals surface area contributed by atoms with Gasteiger partial charge in [0.25, 0.3) is 0 Å². The standard InChI is InChI=1S/C14H11F4N3/c15-10-5-8(3-4-9(10)14(16,17)18)11-6-12(19)21-13(20-11)7-1-2-7/h3-7H,1-2H2,(H2,19,20,21). The van der Waals surface area contributed by atoms with Gasteiger partial charge in [-0.25, -0.2) is 14.4 Å². The van der Waals surface area contributed by atoms with Crippen LogP contribution in [0.3, 0.4) is 0 Å². The Kier molecular flexibility index (Phi) is 3.07. The van der Waals surface area contributed by atoms with Crippen molar-refractivity contribution in [1.82, 2.24) is 9.97 Å². The summed E-state index contributed by atoms with van der Waals surface area (Å²) < 4.78 is 51.2. The molecule has 1 aromatic carbocycles. The minimum atomic E-state index is -4.72. The predicted octanol–water partition coefficient (Wildman–Crippen LogP) is 3.76. The Bertz CT molecular complexity index is 693. The third-order valence-electron chi connectivity index (χ3n) is 3.28. The van der Waals surface area contributed by atoms with E-state index < -0.39 is 17.6 Å². The van der Waals surface area contributed by atoms with E-state index in [-0.39, 0.29) is 17.3 Å². The van der Waals surface area contributed by atoms with Crippen LogP contribution in [0.15, 0.2) is 24.3 Å². The van der Waals surface area contributed by atoms with Crippen molar-refractivity contribution >= 4 is 5.82 Å². The molecule has 1 saturated carbocycles. The monoisotopic (exact) mass is 297 g/mol. The Labute approximate surface area is 117 Å². The van der Waals surface area contributed by atoms with Gasteiger partial charge in [0.05, 0.1) is 11.3 Å². The van der Waals surface area contributed by atoms with Gasteiger partial charge in [-0.15, -0.1) is 0 Å². The van der Waals surface area contributed by atoms with Crippen molar-refractivity contribution in [3.63, 3.8) is 0 Å². The van der Waals surface area contributed by atoms with Gasteiger partial charge >= 0.3 is 6.18 Å². The largest absolute Gasteiger partial charge is 0.419 e. The molecular formula is C14H11F4N3. The molecule has 0 amide bonds. The molecule has 3 nitrogen and oxygen atoms in total. The summed E-state index contributed by atoms with van der Waals surface area (Å²) in [6, 6.07) is 4.14. The molecule has 21 heavy (non-hydrogen) atoms. The maximum Gasteiger partial charge on any atom is 0.419 e. The highest BCUT2D eigenvalue weighted by Gasteiger charge is 2.34. The number of halogens is 4. The van der Waals surface area contributed by atoms with Crippen LogP contribution in [0.4, 0.5) is 23.4 Å². The first-order valence-corrected chi connectivity index (χ1v) is 6.36. The molecule has 1 fully saturated rings. The van der Waals surface area contributed by atoms with Crippen LogP contribution >= 0.6 is 0 Å². The van der Waals surface area contributed by atoms with Crippen molar-refractivity contribution in [3.8, 4) is 11.3 Å². The van der Waals surface area contributed by atoms with Gasteiger partial charge in [0.1, 0.15) is 17.5 Å². The highest BCUT2D eigenvalue weighted by Crippen LogP contribution is 2.39. The van der Waals surface area contributed by atoms with Crippen LogP contribution in [0.5, 0.6) is 0 Å². The molecule has 0 unspecified atom stereocenters. The lowest BCUT2D eigenvalue weighted by molar-refractivity contribution is -0.139. The number of nitrogens with zero attached hydrogens (tertiary/aromatic N) is 2. The van der Waals surface area contributed by atoms with Gasteiger partial charge in [0.2, 0.25) is 0 Å². The average Bonchev–Trinajstić information content (AvgIpc) is 3.20. The summed E-state index contributed by atoms with van der Waals surface area (Å²) in [5.41, 5.74) is 4.96. The zero-order valence-corrected chi connectivity index (χ0v) is 10.8. The van der Waals surface area contributed by atoms with Crippen molar-refractivity contribution in [2.24, 2.45) is 0 Å². The molecule has 3 rings (SSSR count). The van der Waals surface area contributed by atoms with E-state index in [2.05, 4.69) is 9.97 Å². The van der Waals surface area contributed by atoms with Crippen LogP contribution in [-0.4, -0.2) is 9.97 Å². The second kappa shape index (κ2) is 4.68. The SMILES string of the molecule is Nc1cc(-c2ccc(C(F)(F)F)c(F)c2)nc(C2CC2)n1. The number of nitrogen functional groups attached to an aromatic ring is 1. The second-order valence-corrected chi connectivity index (χ2v) is 5.00. The van der Waals surface area contributed by atoms with E-state index in [1.165, 1.54) is 12.1 Å². The molecule has 2 aromatic rings. The second-order valence-electron chi connectivity index (χ2n) is 5.00. The van der Waals surface area contributed by atoms with E-state index in [1.54, 1.807) is 0 Å². The number of anilines is 1. The van der Waals surface area contributed by atoms with E-state index in [0.29, 0.717) is 17.6 Å². The lowest BCUT2D eigenvalue weighted by Gasteiger charge is -2.10. The minimum Gasteiger partial charge on any atom is -0.384 e. The Hall–Kier alpha value is -2.18. The van der Waals surface area contributed by atoms with Crippen LogP contribution in [0.1, 0.15) is 30.1 Å². The Morgan fingerprint density at radius 2 is 1.81 bits per heavy atom. The molecule has 0 bridgehead atoms. The normalized spacial score (nSPS) is 15.2. The lowest BCUT2D eigenvalue weighted by Crippen LogP contribution is -2.08. The fourth-order valence-corrected chi connectivity index (χ4v) is 2.06. The maximum absolute atomic E-state index is 13.6. The molecule has 2 N–H and O–H groups in total. The molecule has 1 aromatic heterocycles. The van der Waals surface area contributed by atoms with Crippen LogP contribution in [-0.2, 0) is 6.18 Å². The maximum atomic E-state index is 13.6. The third kappa shape index (κ3) is 2.81. The van der Waals surface area contributed by atoms with Gasteiger partial charge in [-0.05, 0) is 25.0 Å². The summed E-state index contributed by atoms with van der Waals surface area (Å²) in [7, 11) is 0. The minimum absolute atomic E-state index is 0.224. The summed E-state index contributed by atoms with van der Waals surface area (Å²) in [5.74, 6) is -0.302. The highest BCUT2D eigenvalue weighted by molar-refractivity contribution is 5.62. The topological polar surface area (TPSA) is 51.8 Å². The van der Waals surface area contributed by atoms with E-state index in [9.17, 15) is 17.6 Å². The summed E-state index contributed by atoms with van der Waals surface area (Å²) in [5, 5.41) is 0. The Balaban J connectivity index is 2.03. The molecule has 0 saturated heterocycles. The van der Waals surface area contributed by atoms with Crippen LogP contribution in [0, 0.1) is 5.82 Å². The van der Waals surface area contributed by atoms with Gasteiger partial charge in [0.15, 0.2) is 0 Å². The fourth-order valence-electron chi connectivity index (χ4n) is 2.06. The van der Waals surface area contributed by atoms with Crippen molar-refractivity contribution in [2.75, 3.05) is 5.73 Å². The Morgan fingerprint density at radius 1 is 1.10 bits per heavy atom. The molecule has 1 aliphatic carbocycles. The molecule has 0 spiro atoms. The van der Waals surface area contributed by atoms with E-state index in [4.69, 9.17) is 5.73 Å². The zero-order valence-electron chi connectivity index (χ0n) is 10.8. The number of hydrogen-bond donors (Lipinski definition) is 1. The van der Waals surface area contributed by atoms with Crippen LogP contribution < -0.4 is 5.73 Å². The van der Waals surface area contributed by atoms with Crippen molar-refractivity contribution in [1.29, 1.82) is 0 Å². The molecule has 0 radical (unpaired) electrons. The van der Waals surface area contributed by atoms with Crippen molar-refractivity contribution < 1.29 is 17.6 Å². The van der Waals surface area contributed by atoms with E-state index >= 15 is 0 Å². The first kappa shape index (κ1) is 13.8. The number of nitrogens with two attached hydrogens (primary N) is 1. The molecule has 0 atom stereocenters. The summed E-state index contributed by atoms with van der Waals surface area (Å²) in [4.78, 5) is 8.35. The van der Waals surface area contributed by atoms with E-state index in [1.807, 2.05) is 0 Å². The Morgan fingerprint density at radius 3 is 2.38 bits per heavy atom. The van der Waals surface area contributed by atoms with Crippen molar-refractivity contribution in [2.45, 2.75) is 24.9 Å². The highest BCUT2D eigenvalue weighted by atomic mass is 19.4. The first-order valence-electron chi connectivity index (χ1n) is 6.36. The summed E-state index contributed by atoms with van der Waals surface area (Å²) >= 11 is 0. The molecule has 110 valence electrons. The van der Waals surface area contributed by atoms with Gasteiger partial charge in [-0.2, -0.15) is 13.2 Å². The first-order chi connectivity index (χ1) is 9.84. The third-order valence-corrected chi connectivity index (χ3v) is 3.28. The number of rotatable bonds is 2. The van der Waals surface area contributed by atoms with E-state index in [0.717, 1.165) is 18.9 Å². The smallest absolute Gasteiger partial charge is 0.384 e. The predicted molar refractivity (Wildman–Crippen MR) is 68.8 cm³/mol. The van der Waals surface area contributed by atoms with Crippen LogP contribution in [0.25, 0.3) is 11.3 Å². The summed E-state index contributed by atoms with van der Waals surface area (Å²) in [6.07, 6.45) is -2.79. The fraction of sp³-hybridized carbons (Fsp3) is 0.286.